The summed E-state index contributed by atoms with van der Waals surface area (Å²) in [6.45, 7) is 3.73. The van der Waals surface area contributed by atoms with Crippen LogP contribution >= 0.6 is 39.9 Å². The molecule has 1 heterocycles. The second kappa shape index (κ2) is 10.3. The molecule has 146 valence electrons. The van der Waals surface area contributed by atoms with Crippen molar-refractivity contribution in [1.29, 1.82) is 0 Å². The van der Waals surface area contributed by atoms with Crippen molar-refractivity contribution in [3.8, 4) is 0 Å². The molecule has 4 nitrogen and oxygen atoms in total. The molecule has 0 bridgehead atoms. The van der Waals surface area contributed by atoms with E-state index in [1.165, 1.54) is 35.7 Å². The molecule has 1 aliphatic carbocycles. The van der Waals surface area contributed by atoms with E-state index in [1.54, 1.807) is 0 Å². The molecule has 1 atom stereocenters. The van der Waals surface area contributed by atoms with Crippen molar-refractivity contribution < 1.29 is 4.74 Å². The predicted molar refractivity (Wildman–Crippen MR) is 123 cm³/mol. The molecule has 1 aromatic rings. The first-order valence-electron chi connectivity index (χ1n) is 9.38. The summed E-state index contributed by atoms with van der Waals surface area (Å²) in [7, 11) is 4.01. The molecule has 3 rings (SSSR count). The molecule has 2 fully saturated rings. The van der Waals surface area contributed by atoms with Crippen LogP contribution in [0.5, 0.6) is 0 Å². The van der Waals surface area contributed by atoms with E-state index in [0.717, 1.165) is 38.7 Å². The Kier molecular flexibility index (Phi) is 8.67. The van der Waals surface area contributed by atoms with Crippen LogP contribution in [-0.4, -0.2) is 51.3 Å². The van der Waals surface area contributed by atoms with Gasteiger partial charge in [0.1, 0.15) is 0 Å². The topological polar surface area (TPSA) is 36.9 Å². The summed E-state index contributed by atoms with van der Waals surface area (Å²) in [5.74, 6) is 1.61. The Morgan fingerprint density at radius 2 is 2.15 bits per heavy atom. The van der Waals surface area contributed by atoms with Crippen LogP contribution in [0.4, 0.5) is 0 Å². The van der Waals surface area contributed by atoms with Gasteiger partial charge in [-0.15, -0.1) is 24.0 Å². The van der Waals surface area contributed by atoms with Crippen LogP contribution in [0.1, 0.15) is 37.7 Å². The van der Waals surface area contributed by atoms with Crippen molar-refractivity contribution in [2.45, 2.75) is 37.5 Å². The second-order valence-electron chi connectivity index (χ2n) is 7.51. The molecule has 0 spiro atoms. The van der Waals surface area contributed by atoms with E-state index < -0.39 is 0 Å². The lowest BCUT2D eigenvalue weighted by molar-refractivity contribution is 0.181. The van der Waals surface area contributed by atoms with Crippen molar-refractivity contribution in [3.63, 3.8) is 0 Å². The SMILES string of the molecule is CN=C(NCC1(c2cccc(Br)c2)CCCC1)N(C)CC1CCOC1.I. The number of nitrogens with zero attached hydrogens (tertiary/aromatic N) is 2. The van der Waals surface area contributed by atoms with Gasteiger partial charge in [-0.1, -0.05) is 40.9 Å². The fourth-order valence-corrected chi connectivity index (χ4v) is 4.67. The summed E-state index contributed by atoms with van der Waals surface area (Å²) in [5, 5.41) is 3.66. The van der Waals surface area contributed by atoms with Crippen LogP contribution in [0, 0.1) is 5.92 Å². The molecule has 1 unspecified atom stereocenters. The maximum atomic E-state index is 5.51. The van der Waals surface area contributed by atoms with Gasteiger partial charge in [0.2, 0.25) is 0 Å². The molecule has 0 amide bonds. The lowest BCUT2D eigenvalue weighted by Crippen LogP contribution is -2.46. The Labute approximate surface area is 183 Å². The van der Waals surface area contributed by atoms with Crippen LogP contribution in [0.2, 0.25) is 0 Å². The quantitative estimate of drug-likeness (QED) is 0.344. The zero-order chi connectivity index (χ0) is 17.7. The molecule has 6 heteroatoms. The monoisotopic (exact) mass is 535 g/mol. The number of aliphatic imine (C=N–C) groups is 1. The highest BCUT2D eigenvalue weighted by Crippen LogP contribution is 2.41. The maximum absolute atomic E-state index is 5.51. The van der Waals surface area contributed by atoms with Gasteiger partial charge < -0.3 is 15.0 Å². The maximum Gasteiger partial charge on any atom is 0.193 e. The number of hydrogen-bond donors (Lipinski definition) is 1. The number of rotatable bonds is 5. The Morgan fingerprint density at radius 1 is 1.38 bits per heavy atom. The average molecular weight is 536 g/mol. The third kappa shape index (κ3) is 5.35. The number of halogens is 2. The van der Waals surface area contributed by atoms with Gasteiger partial charge in [0.25, 0.3) is 0 Å². The highest BCUT2D eigenvalue weighted by molar-refractivity contribution is 14.0. The molecule has 1 aliphatic heterocycles. The molecule has 1 N–H and O–H groups in total. The zero-order valence-corrected chi connectivity index (χ0v) is 19.8. The van der Waals surface area contributed by atoms with E-state index in [-0.39, 0.29) is 29.4 Å². The first-order valence-corrected chi connectivity index (χ1v) is 10.2. The summed E-state index contributed by atoms with van der Waals surface area (Å²) in [6.07, 6.45) is 6.26. The number of benzene rings is 1. The van der Waals surface area contributed by atoms with E-state index in [0.29, 0.717) is 5.92 Å². The minimum atomic E-state index is 0. The van der Waals surface area contributed by atoms with Crippen molar-refractivity contribution in [3.05, 3.63) is 34.3 Å². The molecule has 1 aromatic carbocycles. The molecule has 2 aliphatic rings. The zero-order valence-electron chi connectivity index (χ0n) is 15.8. The average Bonchev–Trinajstić information content (AvgIpc) is 3.28. The fraction of sp³-hybridized carbons (Fsp3) is 0.650. The number of nitrogens with one attached hydrogen (secondary N) is 1. The van der Waals surface area contributed by atoms with E-state index in [2.05, 4.69) is 62.5 Å². The number of ether oxygens (including phenoxy) is 1. The molecular weight excluding hydrogens is 505 g/mol. The van der Waals surface area contributed by atoms with Crippen LogP contribution in [0.3, 0.4) is 0 Å². The van der Waals surface area contributed by atoms with Gasteiger partial charge in [0, 0.05) is 49.6 Å². The lowest BCUT2D eigenvalue weighted by atomic mass is 9.79. The van der Waals surface area contributed by atoms with Gasteiger partial charge in [-0.3, -0.25) is 4.99 Å². The molecule has 1 saturated carbocycles. The minimum Gasteiger partial charge on any atom is -0.381 e. The van der Waals surface area contributed by atoms with E-state index in [4.69, 9.17) is 4.74 Å². The van der Waals surface area contributed by atoms with E-state index in [9.17, 15) is 0 Å². The van der Waals surface area contributed by atoms with Gasteiger partial charge in [-0.05, 0) is 37.0 Å². The predicted octanol–water partition coefficient (Wildman–Crippen LogP) is 4.42. The number of guanidine groups is 1. The number of hydrogen-bond acceptors (Lipinski definition) is 2. The summed E-state index contributed by atoms with van der Waals surface area (Å²) in [6, 6.07) is 8.83. The first kappa shape index (κ1) is 22.0. The van der Waals surface area contributed by atoms with Gasteiger partial charge in [0.15, 0.2) is 5.96 Å². The van der Waals surface area contributed by atoms with Crippen molar-refractivity contribution in [1.82, 2.24) is 10.2 Å². The molecular formula is C20H31BrIN3O. The minimum absolute atomic E-state index is 0. The molecule has 0 aromatic heterocycles. The Bertz CT molecular complexity index is 598. The fourth-order valence-electron chi connectivity index (χ4n) is 4.27. The summed E-state index contributed by atoms with van der Waals surface area (Å²) in [4.78, 5) is 6.77. The van der Waals surface area contributed by atoms with E-state index >= 15 is 0 Å². The van der Waals surface area contributed by atoms with Crippen LogP contribution in [0.15, 0.2) is 33.7 Å². The van der Waals surface area contributed by atoms with Crippen molar-refractivity contribution in [2.75, 3.05) is 40.4 Å². The summed E-state index contributed by atoms with van der Waals surface area (Å²) in [5.41, 5.74) is 1.66. The normalized spacial score (nSPS) is 22.1. The van der Waals surface area contributed by atoms with E-state index in [1.807, 2.05) is 7.05 Å². The lowest BCUT2D eigenvalue weighted by Gasteiger charge is -2.33. The Hall–Kier alpha value is -0.340. The van der Waals surface area contributed by atoms with Crippen LogP contribution < -0.4 is 5.32 Å². The summed E-state index contributed by atoms with van der Waals surface area (Å²) >= 11 is 3.64. The molecule has 26 heavy (non-hydrogen) atoms. The third-order valence-corrected chi connectivity index (χ3v) is 6.21. The highest BCUT2D eigenvalue weighted by Gasteiger charge is 2.36. The first-order chi connectivity index (χ1) is 12.1. The standard InChI is InChI=1S/C20H30BrN3O.HI/c1-22-19(24(2)13-16-8-11-25-14-16)23-15-20(9-3-4-10-20)17-6-5-7-18(21)12-17;/h5-7,12,16H,3-4,8-11,13-15H2,1-2H3,(H,22,23);1H. The van der Waals surface area contributed by atoms with Gasteiger partial charge >= 0.3 is 0 Å². The largest absolute Gasteiger partial charge is 0.381 e. The third-order valence-electron chi connectivity index (χ3n) is 5.71. The van der Waals surface area contributed by atoms with Gasteiger partial charge in [-0.2, -0.15) is 0 Å². The van der Waals surface area contributed by atoms with Crippen molar-refractivity contribution >= 4 is 45.9 Å². The molecule has 0 radical (unpaired) electrons. The van der Waals surface area contributed by atoms with Gasteiger partial charge in [0.05, 0.1) is 6.61 Å². The van der Waals surface area contributed by atoms with Crippen molar-refractivity contribution in [2.24, 2.45) is 10.9 Å². The Morgan fingerprint density at radius 3 is 2.77 bits per heavy atom. The van der Waals surface area contributed by atoms with Crippen LogP contribution in [-0.2, 0) is 10.2 Å². The Balaban J connectivity index is 0.00000243. The van der Waals surface area contributed by atoms with Crippen LogP contribution in [0.25, 0.3) is 0 Å². The highest BCUT2D eigenvalue weighted by atomic mass is 127. The second-order valence-corrected chi connectivity index (χ2v) is 8.42. The smallest absolute Gasteiger partial charge is 0.193 e. The summed E-state index contributed by atoms with van der Waals surface area (Å²) < 4.78 is 6.67. The van der Waals surface area contributed by atoms with Gasteiger partial charge in [-0.25, -0.2) is 0 Å². The molecule has 1 saturated heterocycles.